The van der Waals surface area contributed by atoms with E-state index in [1.807, 2.05) is 4.90 Å². The highest BCUT2D eigenvalue weighted by Gasteiger charge is 2.22. The molecular formula is C16H25N3O2. The van der Waals surface area contributed by atoms with Crippen molar-refractivity contribution in [1.29, 1.82) is 0 Å². The first-order chi connectivity index (χ1) is 10.1. The van der Waals surface area contributed by atoms with E-state index in [2.05, 4.69) is 11.8 Å². The zero-order chi connectivity index (χ0) is 15.2. The molecule has 1 aromatic carbocycles. The number of nitrogens with zero attached hydrogens (tertiary/aromatic N) is 2. The Hall–Kier alpha value is -1.59. The highest BCUT2D eigenvalue weighted by molar-refractivity contribution is 5.96. The van der Waals surface area contributed by atoms with E-state index in [4.69, 9.17) is 5.73 Å². The number of rotatable bonds is 4. The number of nitrogens with two attached hydrogens (primary N) is 1. The molecule has 1 aromatic rings. The summed E-state index contributed by atoms with van der Waals surface area (Å²) in [5.41, 5.74) is 6.07. The van der Waals surface area contributed by atoms with Crippen molar-refractivity contribution in [3.63, 3.8) is 0 Å². The van der Waals surface area contributed by atoms with E-state index in [9.17, 15) is 9.90 Å². The molecule has 0 aromatic heterocycles. The fraction of sp³-hybridized carbons (Fsp3) is 0.562. The Labute approximate surface area is 126 Å². The number of phenolic OH excluding ortho intramolecular Hbond substituents is 1. The third-order valence-corrected chi connectivity index (χ3v) is 3.98. The van der Waals surface area contributed by atoms with Gasteiger partial charge in [0.05, 0.1) is 5.56 Å². The van der Waals surface area contributed by atoms with Gasteiger partial charge in [-0.2, -0.15) is 0 Å². The zero-order valence-electron chi connectivity index (χ0n) is 12.7. The van der Waals surface area contributed by atoms with Crippen LogP contribution in [-0.2, 0) is 0 Å². The van der Waals surface area contributed by atoms with Crippen molar-refractivity contribution in [2.24, 2.45) is 11.7 Å². The summed E-state index contributed by atoms with van der Waals surface area (Å²) < 4.78 is 0. The number of benzene rings is 1. The molecule has 5 nitrogen and oxygen atoms in total. The highest BCUT2D eigenvalue weighted by Crippen LogP contribution is 2.19. The molecule has 1 amide bonds. The summed E-state index contributed by atoms with van der Waals surface area (Å²) in [5.74, 6) is 0.451. The molecule has 21 heavy (non-hydrogen) atoms. The molecule has 5 heteroatoms. The maximum atomic E-state index is 12.5. The number of carbonyl (C=O) groups is 1. The topological polar surface area (TPSA) is 69.8 Å². The molecule has 1 atom stereocenters. The summed E-state index contributed by atoms with van der Waals surface area (Å²) in [4.78, 5) is 16.7. The minimum atomic E-state index is -0.0816. The van der Waals surface area contributed by atoms with Crippen LogP contribution in [0, 0.1) is 5.92 Å². The number of hydrogen-bond acceptors (Lipinski definition) is 4. The lowest BCUT2D eigenvalue weighted by Gasteiger charge is -2.24. The van der Waals surface area contributed by atoms with Gasteiger partial charge in [-0.3, -0.25) is 4.79 Å². The van der Waals surface area contributed by atoms with Crippen LogP contribution in [0.1, 0.15) is 23.7 Å². The van der Waals surface area contributed by atoms with E-state index in [0.29, 0.717) is 24.6 Å². The number of phenols is 1. The fourth-order valence-electron chi connectivity index (χ4n) is 2.70. The van der Waals surface area contributed by atoms with Gasteiger partial charge in [0.25, 0.3) is 5.91 Å². The van der Waals surface area contributed by atoms with Crippen LogP contribution in [0.25, 0.3) is 0 Å². The number of aromatic hydroxyl groups is 1. The average molecular weight is 291 g/mol. The monoisotopic (exact) mass is 291 g/mol. The molecule has 0 bridgehead atoms. The van der Waals surface area contributed by atoms with Gasteiger partial charge in [0.2, 0.25) is 0 Å². The molecule has 1 aliphatic rings. The Morgan fingerprint density at radius 1 is 1.29 bits per heavy atom. The van der Waals surface area contributed by atoms with Crippen LogP contribution >= 0.6 is 0 Å². The summed E-state index contributed by atoms with van der Waals surface area (Å²) in [7, 11) is 0. The number of carbonyl (C=O) groups excluding carboxylic acids is 1. The minimum Gasteiger partial charge on any atom is -0.507 e. The Morgan fingerprint density at radius 3 is 2.76 bits per heavy atom. The van der Waals surface area contributed by atoms with Crippen LogP contribution in [0.2, 0.25) is 0 Å². The van der Waals surface area contributed by atoms with E-state index < -0.39 is 0 Å². The van der Waals surface area contributed by atoms with Crippen LogP contribution in [0.4, 0.5) is 0 Å². The lowest BCUT2D eigenvalue weighted by atomic mass is 10.1. The first kappa shape index (κ1) is 15.8. The third-order valence-electron chi connectivity index (χ3n) is 3.98. The number of para-hydroxylation sites is 1. The maximum absolute atomic E-state index is 12.5. The number of hydrogen-bond donors (Lipinski definition) is 2. The smallest absolute Gasteiger partial charge is 0.257 e. The van der Waals surface area contributed by atoms with E-state index in [-0.39, 0.29) is 11.7 Å². The molecule has 1 aliphatic heterocycles. The van der Waals surface area contributed by atoms with Gasteiger partial charge in [-0.25, -0.2) is 0 Å². The largest absolute Gasteiger partial charge is 0.507 e. The zero-order valence-corrected chi connectivity index (χ0v) is 12.7. The Morgan fingerprint density at radius 2 is 2.05 bits per heavy atom. The van der Waals surface area contributed by atoms with Crippen LogP contribution in [-0.4, -0.2) is 60.1 Å². The van der Waals surface area contributed by atoms with Crippen molar-refractivity contribution in [1.82, 2.24) is 9.80 Å². The molecule has 1 heterocycles. The molecule has 0 aliphatic carbocycles. The summed E-state index contributed by atoms with van der Waals surface area (Å²) in [6.07, 6.45) is 0.955. The maximum Gasteiger partial charge on any atom is 0.257 e. The van der Waals surface area contributed by atoms with Crippen molar-refractivity contribution in [2.45, 2.75) is 13.3 Å². The lowest BCUT2D eigenvalue weighted by Crippen LogP contribution is -2.37. The Kier molecular flexibility index (Phi) is 5.59. The lowest BCUT2D eigenvalue weighted by molar-refractivity contribution is 0.0757. The first-order valence-electron chi connectivity index (χ1n) is 7.61. The van der Waals surface area contributed by atoms with Gasteiger partial charge in [-0.1, -0.05) is 19.1 Å². The second-order valence-electron chi connectivity index (χ2n) is 5.80. The molecule has 0 radical (unpaired) electrons. The molecule has 2 rings (SSSR count). The molecule has 3 N–H and O–H groups in total. The van der Waals surface area contributed by atoms with E-state index in [1.165, 1.54) is 0 Å². The van der Waals surface area contributed by atoms with E-state index in [0.717, 1.165) is 32.6 Å². The summed E-state index contributed by atoms with van der Waals surface area (Å²) >= 11 is 0. The molecule has 1 saturated heterocycles. The molecule has 116 valence electrons. The van der Waals surface area contributed by atoms with Gasteiger partial charge in [0, 0.05) is 26.2 Å². The number of amides is 1. The Bertz CT molecular complexity index is 478. The Balaban J connectivity index is 1.97. The molecule has 0 spiro atoms. The van der Waals surface area contributed by atoms with Crippen LogP contribution in [0.5, 0.6) is 5.75 Å². The van der Waals surface area contributed by atoms with Crippen molar-refractivity contribution in [3.8, 4) is 5.75 Å². The summed E-state index contributed by atoms with van der Waals surface area (Å²) in [6, 6.07) is 6.74. The summed E-state index contributed by atoms with van der Waals surface area (Å²) in [5, 5.41) is 9.81. The van der Waals surface area contributed by atoms with Crippen LogP contribution in [0.15, 0.2) is 24.3 Å². The van der Waals surface area contributed by atoms with Gasteiger partial charge >= 0.3 is 0 Å². The van der Waals surface area contributed by atoms with Gasteiger partial charge < -0.3 is 20.6 Å². The highest BCUT2D eigenvalue weighted by atomic mass is 16.3. The third kappa shape index (κ3) is 4.19. The van der Waals surface area contributed by atoms with Crippen molar-refractivity contribution in [2.75, 3.05) is 39.3 Å². The van der Waals surface area contributed by atoms with Crippen LogP contribution < -0.4 is 5.73 Å². The molecule has 0 saturated carbocycles. The average Bonchev–Trinajstić information content (AvgIpc) is 2.72. The normalized spacial score (nSPS) is 18.3. The SMILES string of the molecule is CC(CN)CN1CCCN(C(=O)c2ccccc2O)CC1. The fourth-order valence-corrected chi connectivity index (χ4v) is 2.70. The van der Waals surface area contributed by atoms with Gasteiger partial charge in [-0.15, -0.1) is 0 Å². The van der Waals surface area contributed by atoms with Gasteiger partial charge in [0.1, 0.15) is 5.75 Å². The first-order valence-corrected chi connectivity index (χ1v) is 7.61. The van der Waals surface area contributed by atoms with Crippen molar-refractivity contribution >= 4 is 5.91 Å². The minimum absolute atomic E-state index is 0.0559. The van der Waals surface area contributed by atoms with Gasteiger partial charge in [-0.05, 0) is 37.6 Å². The van der Waals surface area contributed by atoms with Crippen molar-refractivity contribution in [3.05, 3.63) is 29.8 Å². The van der Waals surface area contributed by atoms with E-state index >= 15 is 0 Å². The van der Waals surface area contributed by atoms with Crippen LogP contribution in [0.3, 0.4) is 0 Å². The summed E-state index contributed by atoms with van der Waals surface area (Å²) in [6.45, 7) is 7.12. The predicted octanol–water partition coefficient (Wildman–Crippen LogP) is 1.13. The molecular weight excluding hydrogens is 266 g/mol. The van der Waals surface area contributed by atoms with E-state index in [1.54, 1.807) is 24.3 Å². The molecule has 1 fully saturated rings. The quantitative estimate of drug-likeness (QED) is 0.872. The predicted molar refractivity (Wildman–Crippen MR) is 83.3 cm³/mol. The van der Waals surface area contributed by atoms with Gasteiger partial charge in [0.15, 0.2) is 0 Å². The second-order valence-corrected chi connectivity index (χ2v) is 5.80. The molecule has 1 unspecified atom stereocenters. The standard InChI is InChI=1S/C16H25N3O2/c1-13(11-17)12-18-7-4-8-19(10-9-18)16(21)14-5-2-3-6-15(14)20/h2-3,5-6,13,20H,4,7-12,17H2,1H3. The van der Waals surface area contributed by atoms with Crippen molar-refractivity contribution < 1.29 is 9.90 Å². The second kappa shape index (κ2) is 7.43.